The third-order valence-corrected chi connectivity index (χ3v) is 1.70. The number of carboxylic acids is 2. The lowest BCUT2D eigenvalue weighted by Gasteiger charge is -1.99. The first-order valence-electron chi connectivity index (χ1n) is 4.09. The second-order valence-electron chi connectivity index (χ2n) is 2.78. The molecule has 4 nitrogen and oxygen atoms in total. The Kier molecular flexibility index (Phi) is 3.09. The van der Waals surface area contributed by atoms with E-state index in [9.17, 15) is 9.59 Å². The van der Waals surface area contributed by atoms with Crippen molar-refractivity contribution in [2.24, 2.45) is 0 Å². The van der Waals surface area contributed by atoms with Gasteiger partial charge in [-0.15, -0.1) is 5.92 Å². The molecule has 15 heavy (non-hydrogen) atoms. The van der Waals surface area contributed by atoms with Gasteiger partial charge in [0, 0.05) is 5.56 Å². The number of aromatic carboxylic acids is 2. The van der Waals surface area contributed by atoms with E-state index in [1.807, 2.05) is 0 Å². The minimum atomic E-state index is -1.17. The lowest BCUT2D eigenvalue weighted by molar-refractivity contribution is 0.0696. The molecule has 0 heterocycles. The summed E-state index contributed by atoms with van der Waals surface area (Å²) >= 11 is 0. The lowest BCUT2D eigenvalue weighted by Crippen LogP contribution is -2.03. The molecular formula is C11H8O4. The Balaban J connectivity index is 3.36. The van der Waals surface area contributed by atoms with Crippen molar-refractivity contribution in [3.05, 3.63) is 34.9 Å². The van der Waals surface area contributed by atoms with Crippen LogP contribution in [0.2, 0.25) is 0 Å². The van der Waals surface area contributed by atoms with Crippen LogP contribution < -0.4 is 0 Å². The summed E-state index contributed by atoms with van der Waals surface area (Å²) in [5.41, 5.74) is 0.232. The summed E-state index contributed by atoms with van der Waals surface area (Å²) in [6, 6.07) is 3.78. The fraction of sp³-hybridized carbons (Fsp3) is 0.0909. The maximum absolute atomic E-state index is 10.7. The molecule has 0 bridgehead atoms. The molecule has 0 spiro atoms. The van der Waals surface area contributed by atoms with Crippen molar-refractivity contribution in [1.82, 2.24) is 0 Å². The van der Waals surface area contributed by atoms with E-state index in [0.29, 0.717) is 5.56 Å². The van der Waals surface area contributed by atoms with Gasteiger partial charge in [-0.05, 0) is 25.1 Å². The van der Waals surface area contributed by atoms with Gasteiger partial charge in [0.15, 0.2) is 0 Å². The van der Waals surface area contributed by atoms with Crippen LogP contribution in [0.15, 0.2) is 18.2 Å². The van der Waals surface area contributed by atoms with Gasteiger partial charge < -0.3 is 10.2 Å². The van der Waals surface area contributed by atoms with Crippen LogP contribution in [0.4, 0.5) is 0 Å². The SMILES string of the molecule is CC#Cc1cc(C(=O)O)cc(C(=O)O)c1. The van der Waals surface area contributed by atoms with E-state index in [-0.39, 0.29) is 11.1 Å². The first-order chi connectivity index (χ1) is 7.04. The quantitative estimate of drug-likeness (QED) is 0.715. The Morgan fingerprint density at radius 3 is 1.87 bits per heavy atom. The van der Waals surface area contributed by atoms with Crippen LogP contribution in [0.1, 0.15) is 33.2 Å². The molecule has 76 valence electrons. The normalized spacial score (nSPS) is 8.87. The number of hydrogen-bond donors (Lipinski definition) is 2. The Morgan fingerprint density at radius 2 is 1.53 bits per heavy atom. The number of benzene rings is 1. The van der Waals surface area contributed by atoms with Gasteiger partial charge in [-0.25, -0.2) is 9.59 Å². The summed E-state index contributed by atoms with van der Waals surface area (Å²) in [6.07, 6.45) is 0. The summed E-state index contributed by atoms with van der Waals surface area (Å²) in [7, 11) is 0. The van der Waals surface area contributed by atoms with Crippen LogP contribution >= 0.6 is 0 Å². The highest BCUT2D eigenvalue weighted by Gasteiger charge is 2.10. The monoisotopic (exact) mass is 204 g/mol. The van der Waals surface area contributed by atoms with Crippen molar-refractivity contribution in [2.75, 3.05) is 0 Å². The van der Waals surface area contributed by atoms with Gasteiger partial charge in [0.25, 0.3) is 0 Å². The maximum atomic E-state index is 10.7. The highest BCUT2D eigenvalue weighted by atomic mass is 16.4. The van der Waals surface area contributed by atoms with E-state index in [1.54, 1.807) is 6.92 Å². The molecular weight excluding hydrogens is 196 g/mol. The molecule has 0 aliphatic carbocycles. The molecule has 0 amide bonds. The average Bonchev–Trinajstić information content (AvgIpc) is 2.17. The van der Waals surface area contributed by atoms with E-state index in [2.05, 4.69) is 11.8 Å². The smallest absolute Gasteiger partial charge is 0.335 e. The van der Waals surface area contributed by atoms with Crippen molar-refractivity contribution < 1.29 is 19.8 Å². The Labute approximate surface area is 86.2 Å². The summed E-state index contributed by atoms with van der Waals surface area (Å²) in [4.78, 5) is 21.4. The highest BCUT2D eigenvalue weighted by molar-refractivity contribution is 5.94. The number of hydrogen-bond acceptors (Lipinski definition) is 2. The highest BCUT2D eigenvalue weighted by Crippen LogP contribution is 2.10. The second kappa shape index (κ2) is 4.29. The third-order valence-electron chi connectivity index (χ3n) is 1.70. The van der Waals surface area contributed by atoms with Crippen LogP contribution in [0.5, 0.6) is 0 Å². The molecule has 4 heteroatoms. The third kappa shape index (κ3) is 2.58. The second-order valence-corrected chi connectivity index (χ2v) is 2.78. The standard InChI is InChI=1S/C11H8O4/c1-2-3-7-4-8(10(12)13)6-9(5-7)11(14)15/h4-6H,1H3,(H,12,13)(H,14,15). The van der Waals surface area contributed by atoms with Crippen molar-refractivity contribution in [3.8, 4) is 11.8 Å². The van der Waals surface area contributed by atoms with Crippen LogP contribution in [-0.4, -0.2) is 22.2 Å². The van der Waals surface area contributed by atoms with Crippen LogP contribution in [0.25, 0.3) is 0 Å². The molecule has 1 aromatic rings. The van der Waals surface area contributed by atoms with Gasteiger partial charge in [0.2, 0.25) is 0 Å². The molecule has 0 saturated heterocycles. The largest absolute Gasteiger partial charge is 0.478 e. The molecule has 0 aromatic heterocycles. The van der Waals surface area contributed by atoms with Crippen molar-refractivity contribution in [3.63, 3.8) is 0 Å². The zero-order valence-electron chi connectivity index (χ0n) is 7.94. The molecule has 0 atom stereocenters. The van der Waals surface area contributed by atoms with Gasteiger partial charge in [-0.3, -0.25) is 0 Å². The zero-order valence-corrected chi connectivity index (χ0v) is 7.94. The van der Waals surface area contributed by atoms with Gasteiger partial charge in [-0.1, -0.05) is 5.92 Å². The van der Waals surface area contributed by atoms with E-state index in [4.69, 9.17) is 10.2 Å². The van der Waals surface area contributed by atoms with Crippen molar-refractivity contribution in [1.29, 1.82) is 0 Å². The minimum Gasteiger partial charge on any atom is -0.478 e. The number of carbonyl (C=O) groups is 2. The van der Waals surface area contributed by atoms with Gasteiger partial charge in [0.05, 0.1) is 11.1 Å². The van der Waals surface area contributed by atoms with Crippen LogP contribution in [0, 0.1) is 11.8 Å². The Bertz CT molecular complexity index is 445. The molecule has 2 N–H and O–H groups in total. The molecule has 0 aliphatic heterocycles. The Hall–Kier alpha value is -2.28. The molecule has 0 unspecified atom stereocenters. The number of carboxylic acid groups (broad SMARTS) is 2. The molecule has 0 fully saturated rings. The van der Waals surface area contributed by atoms with Crippen LogP contribution in [-0.2, 0) is 0 Å². The Morgan fingerprint density at radius 1 is 1.07 bits per heavy atom. The molecule has 1 aromatic carbocycles. The van der Waals surface area contributed by atoms with E-state index in [1.165, 1.54) is 12.1 Å². The molecule has 0 saturated carbocycles. The summed E-state index contributed by atoms with van der Waals surface area (Å²) < 4.78 is 0. The van der Waals surface area contributed by atoms with E-state index in [0.717, 1.165) is 6.07 Å². The zero-order chi connectivity index (χ0) is 11.4. The molecule has 0 aliphatic rings. The van der Waals surface area contributed by atoms with E-state index < -0.39 is 11.9 Å². The first-order valence-corrected chi connectivity index (χ1v) is 4.09. The average molecular weight is 204 g/mol. The lowest BCUT2D eigenvalue weighted by atomic mass is 10.1. The predicted molar refractivity (Wildman–Crippen MR) is 52.9 cm³/mol. The maximum Gasteiger partial charge on any atom is 0.335 e. The van der Waals surface area contributed by atoms with Gasteiger partial charge in [0.1, 0.15) is 0 Å². The number of rotatable bonds is 2. The summed E-state index contributed by atoms with van der Waals surface area (Å²) in [5.74, 6) is 2.86. The topological polar surface area (TPSA) is 74.6 Å². The summed E-state index contributed by atoms with van der Waals surface area (Å²) in [6.45, 7) is 1.59. The summed E-state index contributed by atoms with van der Waals surface area (Å²) in [5, 5.41) is 17.5. The van der Waals surface area contributed by atoms with Crippen LogP contribution in [0.3, 0.4) is 0 Å². The first kappa shape index (κ1) is 10.8. The van der Waals surface area contributed by atoms with Crippen molar-refractivity contribution >= 4 is 11.9 Å². The van der Waals surface area contributed by atoms with Gasteiger partial charge in [-0.2, -0.15) is 0 Å². The molecule has 1 rings (SSSR count). The van der Waals surface area contributed by atoms with E-state index >= 15 is 0 Å². The van der Waals surface area contributed by atoms with Crippen molar-refractivity contribution in [2.45, 2.75) is 6.92 Å². The fourth-order valence-corrected chi connectivity index (χ4v) is 1.09. The predicted octanol–water partition coefficient (Wildman–Crippen LogP) is 1.45. The van der Waals surface area contributed by atoms with Gasteiger partial charge >= 0.3 is 11.9 Å². The fourth-order valence-electron chi connectivity index (χ4n) is 1.09. The minimum absolute atomic E-state index is 0.0762. The molecule has 0 radical (unpaired) electrons.